The summed E-state index contributed by atoms with van der Waals surface area (Å²) in [5, 5.41) is 11.2. The van der Waals surface area contributed by atoms with Crippen LogP contribution in [0.4, 0.5) is 5.69 Å². The lowest BCUT2D eigenvalue weighted by atomic mass is 10.0. The number of nitro groups is 1. The molecule has 0 unspecified atom stereocenters. The van der Waals surface area contributed by atoms with Gasteiger partial charge in [0.15, 0.2) is 0 Å². The third-order valence-electron chi connectivity index (χ3n) is 2.86. The summed E-state index contributed by atoms with van der Waals surface area (Å²) in [6, 6.07) is 4.95. The number of nitrogens with zero attached hydrogens (tertiary/aromatic N) is 1. The van der Waals surface area contributed by atoms with Crippen LogP contribution in [0.3, 0.4) is 0 Å². The number of para-hydroxylation sites is 1. The quantitative estimate of drug-likeness (QED) is 0.650. The van der Waals surface area contributed by atoms with Crippen molar-refractivity contribution in [2.45, 2.75) is 13.8 Å². The van der Waals surface area contributed by atoms with E-state index in [1.165, 1.54) is 6.07 Å². The van der Waals surface area contributed by atoms with Crippen molar-refractivity contribution in [2.24, 2.45) is 0 Å². The summed E-state index contributed by atoms with van der Waals surface area (Å²) in [5.41, 5.74) is 3.31. The molecule has 0 aliphatic heterocycles. The minimum absolute atomic E-state index is 0.0451. The molecule has 88 valence electrons. The zero-order valence-corrected chi connectivity index (χ0v) is 10.2. The van der Waals surface area contributed by atoms with Crippen LogP contribution in [0.1, 0.15) is 11.3 Å². The van der Waals surface area contributed by atoms with Gasteiger partial charge in [-0.3, -0.25) is 10.1 Å². The SMILES string of the molecule is Cc1[nH]cc(-c2cccc(Cl)c2[N+](=O)[O-])c1C. The number of aromatic amines is 1. The Balaban J connectivity index is 2.72. The van der Waals surface area contributed by atoms with Gasteiger partial charge in [0.05, 0.1) is 10.5 Å². The van der Waals surface area contributed by atoms with Gasteiger partial charge in [-0.2, -0.15) is 0 Å². The van der Waals surface area contributed by atoms with Crippen LogP contribution < -0.4 is 0 Å². The molecule has 17 heavy (non-hydrogen) atoms. The maximum absolute atomic E-state index is 11.0. The number of hydrogen-bond donors (Lipinski definition) is 1. The lowest BCUT2D eigenvalue weighted by molar-refractivity contribution is -0.384. The Morgan fingerprint density at radius 2 is 2.00 bits per heavy atom. The van der Waals surface area contributed by atoms with Gasteiger partial charge < -0.3 is 4.98 Å². The number of rotatable bonds is 2. The number of aryl methyl sites for hydroxylation is 1. The second kappa shape index (κ2) is 4.22. The first-order chi connectivity index (χ1) is 8.02. The molecule has 1 heterocycles. The topological polar surface area (TPSA) is 58.9 Å². The highest BCUT2D eigenvalue weighted by Crippen LogP contribution is 2.37. The van der Waals surface area contributed by atoms with Crippen molar-refractivity contribution in [2.75, 3.05) is 0 Å². The maximum atomic E-state index is 11.0. The van der Waals surface area contributed by atoms with Crippen molar-refractivity contribution >= 4 is 17.3 Å². The molecule has 0 aliphatic carbocycles. The van der Waals surface area contributed by atoms with E-state index in [9.17, 15) is 10.1 Å². The molecule has 0 saturated carbocycles. The molecule has 0 atom stereocenters. The summed E-state index contributed by atoms with van der Waals surface area (Å²) in [6.07, 6.45) is 1.77. The summed E-state index contributed by atoms with van der Waals surface area (Å²) >= 11 is 5.88. The molecule has 0 aliphatic rings. The number of nitro benzene ring substituents is 1. The molecule has 1 aromatic heterocycles. The monoisotopic (exact) mass is 250 g/mol. The molecule has 4 nitrogen and oxygen atoms in total. The van der Waals surface area contributed by atoms with Crippen molar-refractivity contribution in [3.63, 3.8) is 0 Å². The van der Waals surface area contributed by atoms with Gasteiger partial charge in [-0.25, -0.2) is 0 Å². The first-order valence-corrected chi connectivity index (χ1v) is 5.48. The van der Waals surface area contributed by atoms with E-state index < -0.39 is 4.92 Å². The lowest BCUT2D eigenvalue weighted by Gasteiger charge is -2.04. The van der Waals surface area contributed by atoms with Gasteiger partial charge >= 0.3 is 0 Å². The van der Waals surface area contributed by atoms with Gasteiger partial charge in [0.1, 0.15) is 5.02 Å². The predicted molar refractivity (Wildman–Crippen MR) is 67.4 cm³/mol. The first-order valence-electron chi connectivity index (χ1n) is 5.10. The van der Waals surface area contributed by atoms with E-state index in [1.54, 1.807) is 18.3 Å². The Kier molecular flexibility index (Phi) is 2.90. The zero-order valence-electron chi connectivity index (χ0n) is 9.45. The molecule has 5 heteroatoms. The molecule has 2 aromatic rings. The number of H-pyrrole nitrogens is 1. The minimum Gasteiger partial charge on any atom is -0.364 e. The second-order valence-corrected chi connectivity index (χ2v) is 4.25. The number of benzene rings is 1. The van der Waals surface area contributed by atoms with Gasteiger partial charge in [0, 0.05) is 17.5 Å². The summed E-state index contributed by atoms with van der Waals surface area (Å²) in [5.74, 6) is 0. The molecule has 0 saturated heterocycles. The van der Waals surface area contributed by atoms with Crippen LogP contribution >= 0.6 is 11.6 Å². The molecule has 0 radical (unpaired) electrons. The van der Waals surface area contributed by atoms with Crippen molar-refractivity contribution in [1.29, 1.82) is 0 Å². The van der Waals surface area contributed by atoms with E-state index in [0.717, 1.165) is 16.8 Å². The van der Waals surface area contributed by atoms with Crippen LogP contribution in [-0.2, 0) is 0 Å². The van der Waals surface area contributed by atoms with E-state index in [-0.39, 0.29) is 10.7 Å². The average Bonchev–Trinajstić information content (AvgIpc) is 2.59. The Labute approximate surface area is 103 Å². The smallest absolute Gasteiger partial charge is 0.295 e. The van der Waals surface area contributed by atoms with E-state index in [0.29, 0.717) is 5.56 Å². The Morgan fingerprint density at radius 1 is 1.29 bits per heavy atom. The molecular formula is C12H11ClN2O2. The normalized spacial score (nSPS) is 10.5. The largest absolute Gasteiger partial charge is 0.364 e. The lowest BCUT2D eigenvalue weighted by Crippen LogP contribution is -1.93. The molecule has 0 bridgehead atoms. The summed E-state index contributed by atoms with van der Waals surface area (Å²) < 4.78 is 0. The molecular weight excluding hydrogens is 240 g/mol. The zero-order chi connectivity index (χ0) is 12.6. The molecule has 0 amide bonds. The van der Waals surface area contributed by atoms with Crippen molar-refractivity contribution in [3.8, 4) is 11.1 Å². The summed E-state index contributed by atoms with van der Waals surface area (Å²) in [4.78, 5) is 13.7. The van der Waals surface area contributed by atoms with Crippen LogP contribution in [-0.4, -0.2) is 9.91 Å². The van der Waals surface area contributed by atoms with Crippen molar-refractivity contribution in [3.05, 3.63) is 50.8 Å². The number of aromatic nitrogens is 1. The average molecular weight is 251 g/mol. The van der Waals surface area contributed by atoms with Crippen LogP contribution in [0, 0.1) is 24.0 Å². The Hall–Kier alpha value is -1.81. The molecule has 1 N–H and O–H groups in total. The Morgan fingerprint density at radius 3 is 2.53 bits per heavy atom. The van der Waals surface area contributed by atoms with Gasteiger partial charge in [0.2, 0.25) is 0 Å². The summed E-state index contributed by atoms with van der Waals surface area (Å²) in [6.45, 7) is 3.85. The molecule has 2 rings (SSSR count). The number of nitrogens with one attached hydrogen (secondary N) is 1. The predicted octanol–water partition coefficient (Wildman–Crippen LogP) is 3.86. The fourth-order valence-corrected chi connectivity index (χ4v) is 2.04. The van der Waals surface area contributed by atoms with Gasteiger partial charge in [-0.05, 0) is 31.5 Å². The van der Waals surface area contributed by atoms with Gasteiger partial charge in [0.25, 0.3) is 5.69 Å². The summed E-state index contributed by atoms with van der Waals surface area (Å²) in [7, 11) is 0. The maximum Gasteiger partial charge on any atom is 0.295 e. The fraction of sp³-hybridized carbons (Fsp3) is 0.167. The third-order valence-corrected chi connectivity index (χ3v) is 3.16. The van der Waals surface area contributed by atoms with Crippen LogP contribution in [0.15, 0.2) is 24.4 Å². The molecule has 0 fully saturated rings. The second-order valence-electron chi connectivity index (χ2n) is 3.85. The third kappa shape index (κ3) is 1.91. The van der Waals surface area contributed by atoms with Crippen LogP contribution in [0.5, 0.6) is 0 Å². The van der Waals surface area contributed by atoms with Gasteiger partial charge in [-0.15, -0.1) is 0 Å². The van der Waals surface area contributed by atoms with Gasteiger partial charge in [-0.1, -0.05) is 17.7 Å². The first kappa shape index (κ1) is 11.7. The number of hydrogen-bond acceptors (Lipinski definition) is 2. The highest BCUT2D eigenvalue weighted by atomic mass is 35.5. The molecule has 0 spiro atoms. The van der Waals surface area contributed by atoms with E-state index >= 15 is 0 Å². The Bertz CT molecular complexity index is 590. The van der Waals surface area contributed by atoms with E-state index in [2.05, 4.69) is 4.98 Å². The standard InChI is InChI=1S/C12H11ClN2O2/c1-7-8(2)14-6-10(7)9-4-3-5-11(13)12(9)15(16)17/h3-6,14H,1-2H3. The van der Waals surface area contributed by atoms with Crippen molar-refractivity contribution in [1.82, 2.24) is 4.98 Å². The minimum atomic E-state index is -0.445. The number of halogens is 1. The fourth-order valence-electron chi connectivity index (χ4n) is 1.80. The van der Waals surface area contributed by atoms with E-state index in [1.807, 2.05) is 13.8 Å². The molecule has 1 aromatic carbocycles. The highest BCUT2D eigenvalue weighted by molar-refractivity contribution is 6.33. The van der Waals surface area contributed by atoms with E-state index in [4.69, 9.17) is 11.6 Å². The van der Waals surface area contributed by atoms with Crippen LogP contribution in [0.2, 0.25) is 5.02 Å². The highest BCUT2D eigenvalue weighted by Gasteiger charge is 2.21. The van der Waals surface area contributed by atoms with Crippen LogP contribution in [0.25, 0.3) is 11.1 Å². The van der Waals surface area contributed by atoms with Crippen molar-refractivity contribution < 1.29 is 4.92 Å².